The number of non-ortho nitro benzene ring substituents is 1. The lowest BCUT2D eigenvalue weighted by Crippen LogP contribution is -2.15. The summed E-state index contributed by atoms with van der Waals surface area (Å²) in [5.41, 5.74) is 1.19. The second-order valence-corrected chi connectivity index (χ2v) is 4.75. The number of benzene rings is 2. The smallest absolute Gasteiger partial charge is 0.271 e. The molecule has 0 aliphatic rings. The van der Waals surface area contributed by atoms with Gasteiger partial charge < -0.3 is 14.8 Å². The van der Waals surface area contributed by atoms with Gasteiger partial charge in [0.2, 0.25) is 0 Å². The standard InChI is InChI=1S/C16H16N2O5/c1-10-7-8-11(18(20)21)9-12(10)17-16(19)15-13(22-2)5-4-6-14(15)23-3/h4-9H,1-3H3,(H,17,19). The largest absolute Gasteiger partial charge is 0.496 e. The molecule has 0 unspecified atom stereocenters. The zero-order chi connectivity index (χ0) is 17.0. The highest BCUT2D eigenvalue weighted by atomic mass is 16.6. The number of methoxy groups -OCH3 is 2. The normalized spacial score (nSPS) is 10.0. The summed E-state index contributed by atoms with van der Waals surface area (Å²) in [4.78, 5) is 22.9. The van der Waals surface area contributed by atoms with Crippen molar-refractivity contribution in [3.63, 3.8) is 0 Å². The third kappa shape index (κ3) is 3.39. The summed E-state index contributed by atoms with van der Waals surface area (Å²) < 4.78 is 10.4. The van der Waals surface area contributed by atoms with Crippen LogP contribution in [0.2, 0.25) is 0 Å². The zero-order valence-electron chi connectivity index (χ0n) is 13.0. The molecule has 2 aromatic rings. The number of rotatable bonds is 5. The molecule has 23 heavy (non-hydrogen) atoms. The molecule has 1 N–H and O–H groups in total. The summed E-state index contributed by atoms with van der Waals surface area (Å²) in [6.45, 7) is 1.75. The molecule has 0 aliphatic carbocycles. The SMILES string of the molecule is COc1cccc(OC)c1C(=O)Nc1cc([N+](=O)[O-])ccc1C. The molecule has 0 heterocycles. The number of nitro benzene ring substituents is 1. The van der Waals surface area contributed by atoms with Gasteiger partial charge in [-0.1, -0.05) is 12.1 Å². The van der Waals surface area contributed by atoms with E-state index in [9.17, 15) is 14.9 Å². The first-order valence-corrected chi connectivity index (χ1v) is 6.75. The van der Waals surface area contributed by atoms with E-state index in [-0.39, 0.29) is 11.3 Å². The van der Waals surface area contributed by atoms with Crippen molar-refractivity contribution in [2.75, 3.05) is 19.5 Å². The van der Waals surface area contributed by atoms with Crippen molar-refractivity contribution in [1.29, 1.82) is 0 Å². The number of anilines is 1. The van der Waals surface area contributed by atoms with E-state index in [1.54, 1.807) is 31.2 Å². The Bertz CT molecular complexity index is 736. The first-order chi connectivity index (χ1) is 11.0. The number of hydrogen-bond donors (Lipinski definition) is 1. The fourth-order valence-corrected chi connectivity index (χ4v) is 2.12. The highest BCUT2D eigenvalue weighted by Gasteiger charge is 2.19. The maximum absolute atomic E-state index is 12.6. The molecule has 0 fully saturated rings. The molecule has 0 atom stereocenters. The second-order valence-electron chi connectivity index (χ2n) is 4.75. The minimum Gasteiger partial charge on any atom is -0.496 e. The molecular formula is C16H16N2O5. The van der Waals surface area contributed by atoms with Crippen LogP contribution in [0.4, 0.5) is 11.4 Å². The zero-order valence-corrected chi connectivity index (χ0v) is 13.0. The topological polar surface area (TPSA) is 90.7 Å². The summed E-state index contributed by atoms with van der Waals surface area (Å²) in [5, 5.41) is 13.5. The van der Waals surface area contributed by atoms with Crippen LogP contribution < -0.4 is 14.8 Å². The Morgan fingerprint density at radius 2 is 1.74 bits per heavy atom. The van der Waals surface area contributed by atoms with E-state index < -0.39 is 10.8 Å². The summed E-state index contributed by atoms with van der Waals surface area (Å²) in [5.74, 6) is 0.234. The Morgan fingerprint density at radius 1 is 1.13 bits per heavy atom. The van der Waals surface area contributed by atoms with Crippen molar-refractivity contribution in [2.45, 2.75) is 6.92 Å². The van der Waals surface area contributed by atoms with Crippen LogP contribution in [0.1, 0.15) is 15.9 Å². The van der Waals surface area contributed by atoms with Gasteiger partial charge in [-0.25, -0.2) is 0 Å². The van der Waals surface area contributed by atoms with Gasteiger partial charge in [-0.2, -0.15) is 0 Å². The highest BCUT2D eigenvalue weighted by Crippen LogP contribution is 2.30. The van der Waals surface area contributed by atoms with Gasteiger partial charge in [0.05, 0.1) is 24.8 Å². The molecule has 7 heteroatoms. The van der Waals surface area contributed by atoms with Crippen molar-refractivity contribution in [2.24, 2.45) is 0 Å². The minimum absolute atomic E-state index is 0.0992. The van der Waals surface area contributed by atoms with Gasteiger partial charge in [0, 0.05) is 12.1 Å². The fourth-order valence-electron chi connectivity index (χ4n) is 2.12. The van der Waals surface area contributed by atoms with Gasteiger partial charge in [-0.3, -0.25) is 14.9 Å². The number of nitrogens with zero attached hydrogens (tertiary/aromatic N) is 1. The van der Waals surface area contributed by atoms with Gasteiger partial charge in [0.15, 0.2) is 0 Å². The van der Waals surface area contributed by atoms with Crippen molar-refractivity contribution in [3.05, 3.63) is 57.6 Å². The van der Waals surface area contributed by atoms with Crippen LogP contribution in [0, 0.1) is 17.0 Å². The molecular weight excluding hydrogens is 300 g/mol. The van der Waals surface area contributed by atoms with E-state index in [1.165, 1.54) is 26.4 Å². The van der Waals surface area contributed by atoms with E-state index >= 15 is 0 Å². The minimum atomic E-state index is -0.515. The Balaban J connectivity index is 2.40. The number of carbonyl (C=O) groups excluding carboxylic acids is 1. The predicted molar refractivity (Wildman–Crippen MR) is 85.3 cm³/mol. The van der Waals surface area contributed by atoms with Gasteiger partial charge in [0.1, 0.15) is 17.1 Å². The molecule has 0 bridgehead atoms. The number of ether oxygens (including phenoxy) is 2. The molecule has 0 spiro atoms. The number of aryl methyl sites for hydroxylation is 1. The Labute approximate surface area is 133 Å². The van der Waals surface area contributed by atoms with Crippen molar-refractivity contribution in [3.8, 4) is 11.5 Å². The van der Waals surface area contributed by atoms with Crippen LogP contribution in [0.15, 0.2) is 36.4 Å². The summed E-state index contributed by atoms with van der Waals surface area (Å²) in [7, 11) is 2.90. The molecule has 1 amide bonds. The second kappa shape index (κ2) is 6.78. The summed E-state index contributed by atoms with van der Waals surface area (Å²) >= 11 is 0. The van der Waals surface area contributed by atoms with Crippen LogP contribution in [-0.2, 0) is 0 Å². The average molecular weight is 316 g/mol. The third-order valence-electron chi connectivity index (χ3n) is 3.34. The summed E-state index contributed by atoms with van der Waals surface area (Å²) in [6, 6.07) is 9.25. The van der Waals surface area contributed by atoms with E-state index in [0.29, 0.717) is 22.7 Å². The lowest BCUT2D eigenvalue weighted by atomic mass is 10.1. The molecule has 0 saturated carbocycles. The molecule has 2 rings (SSSR count). The van der Waals surface area contributed by atoms with Gasteiger partial charge in [-0.15, -0.1) is 0 Å². The molecule has 120 valence electrons. The molecule has 0 aromatic heterocycles. The van der Waals surface area contributed by atoms with Crippen molar-refractivity contribution < 1.29 is 19.2 Å². The Morgan fingerprint density at radius 3 is 2.26 bits per heavy atom. The predicted octanol–water partition coefficient (Wildman–Crippen LogP) is 3.17. The maximum Gasteiger partial charge on any atom is 0.271 e. The lowest BCUT2D eigenvalue weighted by Gasteiger charge is -2.14. The molecule has 0 radical (unpaired) electrons. The van der Waals surface area contributed by atoms with Gasteiger partial charge in [0.25, 0.3) is 11.6 Å². The first kappa shape index (κ1) is 16.3. The Kier molecular flexibility index (Phi) is 4.80. The van der Waals surface area contributed by atoms with E-state index in [0.717, 1.165) is 0 Å². The van der Waals surface area contributed by atoms with Crippen LogP contribution in [-0.4, -0.2) is 25.1 Å². The monoisotopic (exact) mass is 316 g/mol. The van der Waals surface area contributed by atoms with Crippen molar-refractivity contribution in [1.82, 2.24) is 0 Å². The van der Waals surface area contributed by atoms with Crippen LogP contribution in [0.25, 0.3) is 0 Å². The number of amides is 1. The van der Waals surface area contributed by atoms with E-state index in [2.05, 4.69) is 5.32 Å². The van der Waals surface area contributed by atoms with Crippen LogP contribution in [0.5, 0.6) is 11.5 Å². The van der Waals surface area contributed by atoms with Crippen LogP contribution >= 0.6 is 0 Å². The fraction of sp³-hybridized carbons (Fsp3) is 0.188. The van der Waals surface area contributed by atoms with Gasteiger partial charge in [-0.05, 0) is 24.6 Å². The van der Waals surface area contributed by atoms with Crippen LogP contribution in [0.3, 0.4) is 0 Å². The van der Waals surface area contributed by atoms with Gasteiger partial charge >= 0.3 is 0 Å². The maximum atomic E-state index is 12.6. The van der Waals surface area contributed by atoms with E-state index in [1.807, 2.05) is 0 Å². The number of nitrogens with one attached hydrogen (secondary N) is 1. The molecule has 7 nitrogen and oxygen atoms in total. The number of nitro groups is 1. The van der Waals surface area contributed by atoms with E-state index in [4.69, 9.17) is 9.47 Å². The highest BCUT2D eigenvalue weighted by molar-refractivity contribution is 6.08. The van der Waals surface area contributed by atoms with Crippen molar-refractivity contribution >= 4 is 17.3 Å². The molecule has 2 aromatic carbocycles. The first-order valence-electron chi connectivity index (χ1n) is 6.75. The molecule has 0 aliphatic heterocycles. The summed E-state index contributed by atoms with van der Waals surface area (Å²) in [6.07, 6.45) is 0. The molecule has 0 saturated heterocycles. The lowest BCUT2D eigenvalue weighted by molar-refractivity contribution is -0.384. The Hall–Kier alpha value is -3.09. The average Bonchev–Trinajstić information content (AvgIpc) is 2.55. The third-order valence-corrected chi connectivity index (χ3v) is 3.34. The number of carbonyl (C=O) groups is 1. The quantitative estimate of drug-likeness (QED) is 0.676. The number of hydrogen-bond acceptors (Lipinski definition) is 5.